The van der Waals surface area contributed by atoms with Gasteiger partial charge in [0, 0.05) is 50.4 Å². The first kappa shape index (κ1) is 22.2. The molecular formula is C24H32N6O2. The number of primary amides is 1. The lowest BCUT2D eigenvalue weighted by atomic mass is 9.88. The van der Waals surface area contributed by atoms with Gasteiger partial charge in [-0.2, -0.15) is 0 Å². The van der Waals surface area contributed by atoms with E-state index in [1.807, 2.05) is 48.3 Å². The first-order valence-electron chi connectivity index (χ1n) is 11.4. The zero-order valence-electron chi connectivity index (χ0n) is 19.0. The first-order chi connectivity index (χ1) is 15.4. The minimum absolute atomic E-state index is 0.252. The number of aromatic nitrogens is 2. The van der Waals surface area contributed by atoms with Crippen LogP contribution in [0.15, 0.2) is 30.5 Å². The minimum Gasteiger partial charge on any atom is -0.366 e. The number of hydrogen-bond acceptors (Lipinski definition) is 6. The van der Waals surface area contributed by atoms with Gasteiger partial charge in [0.25, 0.3) is 0 Å². The summed E-state index contributed by atoms with van der Waals surface area (Å²) >= 11 is 0. The second kappa shape index (κ2) is 9.65. The van der Waals surface area contributed by atoms with Crippen molar-refractivity contribution in [2.45, 2.75) is 31.6 Å². The summed E-state index contributed by atoms with van der Waals surface area (Å²) in [5, 5.41) is 0. The second-order valence-corrected chi connectivity index (χ2v) is 8.95. The van der Waals surface area contributed by atoms with Gasteiger partial charge < -0.3 is 15.5 Å². The van der Waals surface area contributed by atoms with E-state index in [9.17, 15) is 9.59 Å². The molecule has 170 valence electrons. The Labute approximate surface area is 189 Å². The second-order valence-electron chi connectivity index (χ2n) is 8.95. The highest BCUT2D eigenvalue weighted by atomic mass is 16.2. The fourth-order valence-electron chi connectivity index (χ4n) is 4.60. The van der Waals surface area contributed by atoms with Crippen molar-refractivity contribution >= 4 is 17.8 Å². The van der Waals surface area contributed by atoms with Crippen LogP contribution < -0.4 is 10.6 Å². The van der Waals surface area contributed by atoms with Crippen LogP contribution in [0.25, 0.3) is 11.1 Å². The van der Waals surface area contributed by atoms with E-state index in [0.717, 1.165) is 68.7 Å². The predicted octanol–water partition coefficient (Wildman–Crippen LogP) is 2.11. The van der Waals surface area contributed by atoms with Crippen molar-refractivity contribution in [3.05, 3.63) is 41.7 Å². The number of carbonyl (C=O) groups is 2. The summed E-state index contributed by atoms with van der Waals surface area (Å²) in [4.78, 5) is 39.8. The highest BCUT2D eigenvalue weighted by Gasteiger charge is 2.28. The third kappa shape index (κ3) is 4.91. The van der Waals surface area contributed by atoms with E-state index >= 15 is 0 Å². The number of benzene rings is 1. The van der Waals surface area contributed by atoms with Crippen molar-refractivity contribution in [2.24, 2.45) is 5.73 Å². The summed E-state index contributed by atoms with van der Waals surface area (Å²) < 4.78 is 0. The van der Waals surface area contributed by atoms with E-state index in [2.05, 4.69) is 9.88 Å². The van der Waals surface area contributed by atoms with E-state index in [0.29, 0.717) is 18.1 Å². The molecule has 0 bridgehead atoms. The van der Waals surface area contributed by atoms with Crippen molar-refractivity contribution in [3.8, 4) is 11.1 Å². The van der Waals surface area contributed by atoms with Crippen LogP contribution in [0.5, 0.6) is 0 Å². The Hall–Kier alpha value is -3.00. The van der Waals surface area contributed by atoms with Crippen LogP contribution in [-0.2, 0) is 4.79 Å². The monoisotopic (exact) mass is 436 g/mol. The summed E-state index contributed by atoms with van der Waals surface area (Å²) in [6, 6.07) is 7.33. The molecule has 1 aromatic heterocycles. The predicted molar refractivity (Wildman–Crippen MR) is 125 cm³/mol. The van der Waals surface area contributed by atoms with Crippen LogP contribution in [-0.4, -0.2) is 78.4 Å². The van der Waals surface area contributed by atoms with E-state index in [4.69, 9.17) is 10.7 Å². The Balaban J connectivity index is 1.53. The van der Waals surface area contributed by atoms with Crippen LogP contribution in [0.1, 0.15) is 47.7 Å². The molecular weight excluding hydrogens is 404 g/mol. The molecule has 1 aromatic carbocycles. The topological polar surface area (TPSA) is 95.7 Å². The largest absolute Gasteiger partial charge is 0.366 e. The van der Waals surface area contributed by atoms with Gasteiger partial charge in [0.05, 0.1) is 12.2 Å². The Kier molecular flexibility index (Phi) is 6.69. The van der Waals surface area contributed by atoms with Crippen molar-refractivity contribution in [1.82, 2.24) is 19.8 Å². The highest BCUT2D eigenvalue weighted by Crippen LogP contribution is 2.35. The summed E-state index contributed by atoms with van der Waals surface area (Å²) in [6.07, 6.45) is 5.95. The molecule has 4 rings (SSSR count). The molecule has 8 heteroatoms. The summed E-state index contributed by atoms with van der Waals surface area (Å²) in [5.74, 6) is 0.737. The zero-order chi connectivity index (χ0) is 22.7. The zero-order valence-corrected chi connectivity index (χ0v) is 19.0. The number of piperidine rings is 1. The molecule has 3 heterocycles. The van der Waals surface area contributed by atoms with Crippen molar-refractivity contribution < 1.29 is 9.59 Å². The maximum Gasteiger partial charge on any atom is 0.248 e. The van der Waals surface area contributed by atoms with Crippen LogP contribution in [0.4, 0.5) is 5.95 Å². The van der Waals surface area contributed by atoms with E-state index in [1.165, 1.54) is 0 Å². The molecule has 2 saturated heterocycles. The molecule has 2 aliphatic rings. The molecule has 0 saturated carbocycles. The first-order valence-corrected chi connectivity index (χ1v) is 11.4. The molecule has 0 unspecified atom stereocenters. The van der Waals surface area contributed by atoms with E-state index in [-0.39, 0.29) is 11.8 Å². The third-order valence-electron chi connectivity index (χ3n) is 6.46. The number of nitrogens with zero attached hydrogens (tertiary/aromatic N) is 5. The molecule has 0 aliphatic carbocycles. The minimum atomic E-state index is -0.449. The van der Waals surface area contributed by atoms with E-state index < -0.39 is 5.91 Å². The molecule has 2 fully saturated rings. The lowest BCUT2D eigenvalue weighted by molar-refractivity contribution is -0.131. The molecule has 2 aromatic rings. The average molecular weight is 437 g/mol. The van der Waals surface area contributed by atoms with Gasteiger partial charge in [-0.1, -0.05) is 12.1 Å². The van der Waals surface area contributed by atoms with Gasteiger partial charge in [-0.05, 0) is 56.5 Å². The van der Waals surface area contributed by atoms with Crippen LogP contribution in [0.2, 0.25) is 0 Å². The van der Waals surface area contributed by atoms with E-state index in [1.54, 1.807) is 6.07 Å². The molecule has 2 aliphatic heterocycles. The van der Waals surface area contributed by atoms with Gasteiger partial charge in [0.15, 0.2) is 0 Å². The fraction of sp³-hybridized carbons (Fsp3) is 0.500. The number of carbonyl (C=O) groups excluding carboxylic acids is 2. The summed E-state index contributed by atoms with van der Waals surface area (Å²) in [5.41, 5.74) is 8.79. The Morgan fingerprint density at radius 1 is 1.12 bits per heavy atom. The maximum atomic E-state index is 12.5. The van der Waals surface area contributed by atoms with Crippen molar-refractivity contribution in [2.75, 3.05) is 51.7 Å². The lowest BCUT2D eigenvalue weighted by Gasteiger charge is -2.33. The Bertz CT molecular complexity index is 978. The maximum absolute atomic E-state index is 12.5. The molecule has 32 heavy (non-hydrogen) atoms. The van der Waals surface area contributed by atoms with Crippen LogP contribution in [0.3, 0.4) is 0 Å². The normalized spacial score (nSPS) is 17.5. The highest BCUT2D eigenvalue weighted by molar-refractivity contribution is 5.94. The molecule has 0 atom stereocenters. The number of hydrogen-bond donors (Lipinski definition) is 1. The lowest BCUT2D eigenvalue weighted by Crippen LogP contribution is -2.42. The molecule has 8 nitrogen and oxygen atoms in total. The quantitative estimate of drug-likeness (QED) is 0.745. The fourth-order valence-corrected chi connectivity index (χ4v) is 4.60. The Morgan fingerprint density at radius 3 is 2.50 bits per heavy atom. The number of anilines is 1. The van der Waals surface area contributed by atoms with Crippen molar-refractivity contribution in [1.29, 1.82) is 0 Å². The number of amides is 2. The standard InChI is InChI=1S/C24H32N6O2/c1-28(2)24-26-15-20(18-6-5-7-19(14-18)23(25)32)22(27-24)17-8-12-29(13-9-17)16-21(31)30-10-3-4-11-30/h5-7,14-15,17H,3-4,8-13,16H2,1-2H3,(H2,25,32). The molecule has 0 radical (unpaired) electrons. The molecule has 2 N–H and O–H groups in total. The van der Waals surface area contributed by atoms with Gasteiger partial charge in [0.1, 0.15) is 0 Å². The summed E-state index contributed by atoms with van der Waals surface area (Å²) in [6.45, 7) is 4.04. The van der Waals surface area contributed by atoms with Gasteiger partial charge in [0.2, 0.25) is 17.8 Å². The smallest absolute Gasteiger partial charge is 0.248 e. The van der Waals surface area contributed by atoms with Crippen LogP contribution >= 0.6 is 0 Å². The molecule has 2 amide bonds. The van der Waals surface area contributed by atoms with Crippen LogP contribution in [0, 0.1) is 0 Å². The van der Waals surface area contributed by atoms with Gasteiger partial charge in [-0.15, -0.1) is 0 Å². The number of nitrogens with two attached hydrogens (primary N) is 1. The third-order valence-corrected chi connectivity index (χ3v) is 6.46. The molecule has 0 spiro atoms. The average Bonchev–Trinajstić information content (AvgIpc) is 3.34. The number of rotatable bonds is 6. The summed E-state index contributed by atoms with van der Waals surface area (Å²) in [7, 11) is 3.86. The van der Waals surface area contributed by atoms with Crippen molar-refractivity contribution in [3.63, 3.8) is 0 Å². The number of likely N-dealkylation sites (tertiary alicyclic amines) is 2. The van der Waals surface area contributed by atoms with Gasteiger partial charge in [-0.25, -0.2) is 9.97 Å². The van der Waals surface area contributed by atoms with Gasteiger partial charge in [-0.3, -0.25) is 14.5 Å². The Morgan fingerprint density at radius 2 is 1.84 bits per heavy atom. The van der Waals surface area contributed by atoms with Gasteiger partial charge >= 0.3 is 0 Å². The SMILES string of the molecule is CN(C)c1ncc(-c2cccc(C(N)=O)c2)c(C2CCN(CC(=O)N3CCCC3)CC2)n1.